The molecule has 4 unspecified atom stereocenters. The number of nitrogens with one attached hydrogen (secondary N) is 3. The van der Waals surface area contributed by atoms with Gasteiger partial charge in [-0.3, -0.25) is 0 Å². The minimum atomic E-state index is -2.67. The molecular weight excluding hydrogens is 1610 g/mol. The van der Waals surface area contributed by atoms with Crippen molar-refractivity contribution in [2.75, 3.05) is 128 Å². The van der Waals surface area contributed by atoms with Crippen molar-refractivity contribution in [2.45, 2.75) is 494 Å². The first-order valence-corrected chi connectivity index (χ1v) is 57.8. The van der Waals surface area contributed by atoms with Gasteiger partial charge >= 0.3 is 0 Å². The van der Waals surface area contributed by atoms with Gasteiger partial charge in [0.15, 0.2) is 19.7 Å². The summed E-state index contributed by atoms with van der Waals surface area (Å²) >= 11 is 0. The highest BCUT2D eigenvalue weighted by molar-refractivity contribution is 7.92. The van der Waals surface area contributed by atoms with Crippen LogP contribution in [0, 0.1) is 113 Å². The number of hydrogen-bond acceptors (Lipinski definition) is 12. The van der Waals surface area contributed by atoms with Gasteiger partial charge in [-0.15, -0.1) is 0 Å². The smallest absolute Gasteiger partial charge is 0.150 e. The highest BCUT2D eigenvalue weighted by Crippen LogP contribution is 2.37. The molecule has 0 aromatic heterocycles. The first kappa shape index (κ1) is 147. The van der Waals surface area contributed by atoms with Crippen molar-refractivity contribution < 1.29 is 40.5 Å². The van der Waals surface area contributed by atoms with E-state index < -0.39 is 19.7 Å². The molecule has 3 N–H and O–H groups in total. The molecule has 0 spiro atoms. The summed E-state index contributed by atoms with van der Waals surface area (Å²) in [4.78, 5) is 0. The summed E-state index contributed by atoms with van der Waals surface area (Å²) in [6, 6.07) is 0. The van der Waals surface area contributed by atoms with Gasteiger partial charge in [0, 0.05) is 58.8 Å². The van der Waals surface area contributed by atoms with Gasteiger partial charge in [-0.25, -0.2) is 16.8 Å². The minimum absolute atomic E-state index is 0.268. The molecule has 12 nitrogen and oxygen atoms in total. The van der Waals surface area contributed by atoms with E-state index in [2.05, 4.69) is 224 Å². The zero-order valence-corrected chi connectivity index (χ0v) is 98.8. The van der Waals surface area contributed by atoms with Gasteiger partial charge in [-0.1, -0.05) is 346 Å². The number of ether oxygens (including phenoxy) is 5. The quantitative estimate of drug-likeness (QED) is 0.191. The lowest BCUT2D eigenvalue weighted by Crippen LogP contribution is -2.43. The molecule has 0 bridgehead atoms. The molecule has 0 aliphatic carbocycles. The number of piperidine rings is 2. The van der Waals surface area contributed by atoms with Crippen LogP contribution in [-0.2, 0) is 43.4 Å². The normalized spacial score (nSPS) is 21.2. The third kappa shape index (κ3) is 112. The second-order valence-corrected chi connectivity index (χ2v) is 51.9. The van der Waals surface area contributed by atoms with Crippen LogP contribution < -0.4 is 16.0 Å². The molecule has 10 rings (SSSR count). The predicted molar refractivity (Wildman–Crippen MR) is 579 cm³/mol. The third-order valence-electron chi connectivity index (χ3n) is 20.9. The molecule has 10 aliphatic rings. The molecule has 0 aromatic carbocycles. The van der Waals surface area contributed by atoms with Gasteiger partial charge in [0.25, 0.3) is 0 Å². The maximum Gasteiger partial charge on any atom is 0.150 e. The minimum Gasteiger partial charge on any atom is -0.381 e. The standard InChI is InChI=1S/2C10H21N.4C10H20O.C9H18O2S.C8H17N.C8H16O2S.C8H16O.10C2H6/c1-10(2,3)8-9-4-6-11-7-5-9;1-10(2,3)7-9-5-4-6-11-8-9;2*1-10(2,3)8-9-4-6-11-7-5-9;2*1-10(2,3)7-9-5-4-6-11-8-9;1-9(2,3)6-8-4-5-12(10,11)7-8;1-8(2,3)4-7-5-9-6-7;1-8(2,3)4-7-5-11(9,10)6-7;1-8(2,3)4-7-5-9-6-7;10*1-2/h2*9,11H,4-8H2,1-3H3;4*9H,4-8H2,1-3H3;8H,4-7H2,1-3H3;7,9H,4-6H2,1-3H3;7H,4-6H2,1-3H3;7H,4-6H2,1-3H3;10*1-2H3. The molecule has 10 fully saturated rings. The molecule has 14 heteroatoms. The van der Waals surface area contributed by atoms with E-state index in [1.807, 2.05) is 138 Å². The number of sulfone groups is 2. The molecule has 127 heavy (non-hydrogen) atoms. The predicted octanol–water partition coefficient (Wildman–Crippen LogP) is 33.5. The van der Waals surface area contributed by atoms with Crippen LogP contribution in [0.1, 0.15) is 494 Å². The Labute approximate surface area is 806 Å². The average molecular weight is 1860 g/mol. The van der Waals surface area contributed by atoms with Crippen molar-refractivity contribution in [3.05, 3.63) is 0 Å². The first-order valence-electron chi connectivity index (χ1n) is 54.1. The van der Waals surface area contributed by atoms with Gasteiger partial charge in [-0.2, -0.15) is 0 Å². The van der Waals surface area contributed by atoms with E-state index in [1.165, 1.54) is 168 Å². The summed E-state index contributed by atoms with van der Waals surface area (Å²) in [5, 5.41) is 10.1. The van der Waals surface area contributed by atoms with Crippen LogP contribution >= 0.6 is 0 Å². The topological polar surface area (TPSA) is 151 Å². The van der Waals surface area contributed by atoms with Crippen molar-refractivity contribution in [2.24, 2.45) is 113 Å². The summed E-state index contributed by atoms with van der Waals surface area (Å²) in [5.74, 6) is 9.73. The monoisotopic (exact) mass is 1860 g/mol. The van der Waals surface area contributed by atoms with Gasteiger partial charge < -0.3 is 39.6 Å². The Balaban J connectivity index is -0.000000146. The second kappa shape index (κ2) is 83.7. The van der Waals surface area contributed by atoms with E-state index in [9.17, 15) is 16.8 Å². The molecule has 0 radical (unpaired) electrons. The van der Waals surface area contributed by atoms with E-state index in [0.717, 1.165) is 133 Å². The fourth-order valence-electron chi connectivity index (χ4n) is 17.4. The molecule has 0 aromatic rings. The molecule has 782 valence electrons. The Kier molecular flexibility index (Phi) is 96.8. The van der Waals surface area contributed by atoms with Crippen molar-refractivity contribution >= 4 is 19.7 Å². The van der Waals surface area contributed by atoms with E-state index in [0.29, 0.717) is 78.2 Å². The van der Waals surface area contributed by atoms with Crippen LogP contribution in [-0.4, -0.2) is 145 Å². The summed E-state index contributed by atoms with van der Waals surface area (Å²) < 4.78 is 70.4. The van der Waals surface area contributed by atoms with Gasteiger partial charge in [0.05, 0.1) is 36.2 Å². The Hall–Kier alpha value is -0.420. The Morgan fingerprint density at radius 3 is 0.669 bits per heavy atom. The first-order chi connectivity index (χ1) is 58.7. The fourth-order valence-corrected chi connectivity index (χ4v) is 20.8. The van der Waals surface area contributed by atoms with Gasteiger partial charge in [0.1, 0.15) is 0 Å². The third-order valence-corrected chi connectivity index (χ3v) is 24.7. The van der Waals surface area contributed by atoms with Crippen LogP contribution in [0.15, 0.2) is 0 Å². The highest BCUT2D eigenvalue weighted by atomic mass is 32.2. The summed E-state index contributed by atoms with van der Waals surface area (Å²) in [7, 11) is -5.27. The van der Waals surface area contributed by atoms with E-state index >= 15 is 0 Å². The fraction of sp³-hybridized carbons (Fsp3) is 1.00. The second-order valence-electron chi connectivity index (χ2n) is 47.5. The van der Waals surface area contributed by atoms with Crippen LogP contribution in [0.5, 0.6) is 0 Å². The number of hydrogen-bond donors (Lipinski definition) is 3. The number of rotatable bonds is 10. The van der Waals surface area contributed by atoms with E-state index in [4.69, 9.17) is 23.7 Å². The summed E-state index contributed by atoms with van der Waals surface area (Å²) in [6.07, 6.45) is 29.7. The van der Waals surface area contributed by atoms with Crippen LogP contribution in [0.4, 0.5) is 0 Å². The summed E-state index contributed by atoms with van der Waals surface area (Å²) in [6.45, 7) is 126. The van der Waals surface area contributed by atoms with Crippen LogP contribution in [0.25, 0.3) is 0 Å². The highest BCUT2D eigenvalue weighted by Gasteiger charge is 2.36. The molecular formula is C113H249N3O9S2. The largest absolute Gasteiger partial charge is 0.381 e. The van der Waals surface area contributed by atoms with E-state index in [-0.39, 0.29) is 10.8 Å². The van der Waals surface area contributed by atoms with Crippen molar-refractivity contribution in [1.82, 2.24) is 16.0 Å². The Bertz CT molecular complexity index is 2160. The van der Waals surface area contributed by atoms with Crippen molar-refractivity contribution in [3.8, 4) is 0 Å². The SMILES string of the molecule is CC.CC.CC.CC.CC.CC.CC.CC.CC.CC.CC(C)(C)CC1CCCNC1.CC(C)(C)CC1CCCOC1.CC(C)(C)CC1CCCOC1.CC(C)(C)CC1CCNCC1.CC(C)(C)CC1CCOCC1.CC(C)(C)CC1CCOCC1.CC(C)(C)CC1CCS(=O)(=O)C1.CC(C)(C)CC1CNC1.CC(C)(C)CC1COC1.CC(C)(C)CC1CS(=O)(=O)C1. The lowest BCUT2D eigenvalue weighted by atomic mass is 9.81. The van der Waals surface area contributed by atoms with E-state index in [1.54, 1.807) is 0 Å². The summed E-state index contributed by atoms with van der Waals surface area (Å²) in [5.41, 5.74) is 4.58. The zero-order valence-electron chi connectivity index (χ0n) is 97.2. The Morgan fingerprint density at radius 1 is 0.205 bits per heavy atom. The molecule has 0 amide bonds. The molecule has 10 heterocycles. The lowest BCUT2D eigenvalue weighted by molar-refractivity contribution is -0.0486. The van der Waals surface area contributed by atoms with Crippen molar-refractivity contribution in [3.63, 3.8) is 0 Å². The molecule has 4 atom stereocenters. The van der Waals surface area contributed by atoms with Gasteiger partial charge in [0.2, 0.25) is 0 Å². The average Bonchev–Trinajstić information content (AvgIpc) is 1.26. The maximum atomic E-state index is 11.1. The van der Waals surface area contributed by atoms with Gasteiger partial charge in [-0.05, 0) is 294 Å². The zero-order chi connectivity index (χ0) is 102. The molecule has 0 saturated carbocycles. The molecule has 10 saturated heterocycles. The van der Waals surface area contributed by atoms with Crippen LogP contribution in [0.3, 0.4) is 0 Å². The maximum absolute atomic E-state index is 11.1. The van der Waals surface area contributed by atoms with Crippen molar-refractivity contribution in [1.29, 1.82) is 0 Å². The molecule has 10 aliphatic heterocycles. The van der Waals surface area contributed by atoms with Crippen LogP contribution in [0.2, 0.25) is 0 Å². The lowest BCUT2D eigenvalue weighted by Gasteiger charge is -2.32. The Morgan fingerprint density at radius 2 is 0.449 bits per heavy atom.